The van der Waals surface area contributed by atoms with Crippen LogP contribution in [-0.2, 0) is 0 Å². The SMILES string of the molecule is CC(C)c1nc(-c2cnc(N)c(OC(F)(F)F)c2)cn1[C@@H]1[C@@H]2CN(CCF)C[C@@H]21. The second-order valence-electron chi connectivity index (χ2n) is 7.97. The number of nitrogen functional groups attached to an aromatic ring is 1. The minimum Gasteiger partial charge on any atom is -0.402 e. The van der Waals surface area contributed by atoms with E-state index in [-0.39, 0.29) is 24.5 Å². The van der Waals surface area contributed by atoms with E-state index in [1.54, 1.807) is 0 Å². The number of imidazole rings is 1. The van der Waals surface area contributed by atoms with E-state index in [9.17, 15) is 17.6 Å². The van der Waals surface area contributed by atoms with Gasteiger partial charge in [-0.25, -0.2) is 14.4 Å². The highest BCUT2D eigenvalue weighted by molar-refractivity contribution is 5.64. The number of hydrogen-bond donors (Lipinski definition) is 1. The van der Waals surface area contributed by atoms with Crippen molar-refractivity contribution in [2.45, 2.75) is 32.2 Å². The van der Waals surface area contributed by atoms with E-state index in [1.165, 1.54) is 12.3 Å². The number of alkyl halides is 4. The zero-order valence-corrected chi connectivity index (χ0v) is 16.2. The molecule has 1 aliphatic carbocycles. The average molecular weight is 413 g/mol. The highest BCUT2D eigenvalue weighted by Crippen LogP contribution is 2.56. The number of rotatable bonds is 6. The van der Waals surface area contributed by atoms with Crippen LogP contribution in [0.5, 0.6) is 5.75 Å². The molecule has 0 amide bonds. The van der Waals surface area contributed by atoms with Crippen LogP contribution in [0.1, 0.15) is 31.6 Å². The fraction of sp³-hybridized carbons (Fsp3) is 0.579. The molecule has 0 spiro atoms. The van der Waals surface area contributed by atoms with Gasteiger partial charge in [0.1, 0.15) is 12.5 Å². The molecule has 2 fully saturated rings. The second-order valence-corrected chi connectivity index (χ2v) is 7.97. The van der Waals surface area contributed by atoms with Crippen LogP contribution in [0.15, 0.2) is 18.5 Å². The summed E-state index contributed by atoms with van der Waals surface area (Å²) in [6, 6.07) is 1.50. The van der Waals surface area contributed by atoms with E-state index in [4.69, 9.17) is 5.73 Å². The van der Waals surface area contributed by atoms with Gasteiger partial charge in [0.25, 0.3) is 0 Å². The van der Waals surface area contributed by atoms with Gasteiger partial charge in [0.05, 0.1) is 5.69 Å². The molecule has 6 nitrogen and oxygen atoms in total. The normalized spacial score (nSPS) is 24.2. The maximum Gasteiger partial charge on any atom is 0.573 e. The first-order valence-corrected chi connectivity index (χ1v) is 9.56. The topological polar surface area (TPSA) is 69.2 Å². The summed E-state index contributed by atoms with van der Waals surface area (Å²) in [5, 5.41) is 0. The smallest absolute Gasteiger partial charge is 0.402 e. The Kier molecular flexibility index (Phi) is 4.92. The van der Waals surface area contributed by atoms with Crippen molar-refractivity contribution in [2.75, 3.05) is 32.0 Å². The fourth-order valence-electron chi connectivity index (χ4n) is 4.31. The van der Waals surface area contributed by atoms with Gasteiger partial charge >= 0.3 is 6.36 Å². The zero-order valence-electron chi connectivity index (χ0n) is 16.2. The summed E-state index contributed by atoms with van der Waals surface area (Å²) >= 11 is 0. The molecule has 1 aliphatic heterocycles. The monoisotopic (exact) mass is 413 g/mol. The minimum atomic E-state index is -4.85. The van der Waals surface area contributed by atoms with E-state index in [0.29, 0.717) is 29.6 Å². The molecule has 0 bridgehead atoms. The Morgan fingerprint density at radius 1 is 1.28 bits per heavy atom. The molecule has 2 N–H and O–H groups in total. The van der Waals surface area contributed by atoms with Gasteiger partial charge in [-0.2, -0.15) is 0 Å². The van der Waals surface area contributed by atoms with Crippen LogP contribution in [0.4, 0.5) is 23.4 Å². The lowest BCUT2D eigenvalue weighted by Gasteiger charge is -2.19. The lowest BCUT2D eigenvalue weighted by atomic mass is 10.2. The largest absolute Gasteiger partial charge is 0.573 e. The number of piperidine rings is 1. The number of nitrogens with two attached hydrogens (primary N) is 1. The van der Waals surface area contributed by atoms with Gasteiger partial charge in [-0.05, 0) is 17.9 Å². The third-order valence-corrected chi connectivity index (χ3v) is 5.63. The van der Waals surface area contributed by atoms with Crippen LogP contribution in [0.2, 0.25) is 0 Å². The molecule has 0 radical (unpaired) electrons. The molecule has 29 heavy (non-hydrogen) atoms. The molecule has 0 aromatic carbocycles. The van der Waals surface area contributed by atoms with Crippen LogP contribution in [0.25, 0.3) is 11.3 Å². The Bertz CT molecular complexity index is 885. The van der Waals surface area contributed by atoms with Crippen molar-refractivity contribution in [1.82, 2.24) is 19.4 Å². The van der Waals surface area contributed by atoms with E-state index < -0.39 is 12.1 Å². The van der Waals surface area contributed by atoms with Gasteiger partial charge in [0.2, 0.25) is 0 Å². The number of aromatic nitrogens is 3. The van der Waals surface area contributed by atoms with Crippen molar-refractivity contribution in [1.29, 1.82) is 0 Å². The number of nitrogens with zero attached hydrogens (tertiary/aromatic N) is 4. The van der Waals surface area contributed by atoms with Crippen molar-refractivity contribution in [3.8, 4) is 17.0 Å². The molecule has 1 saturated heterocycles. The van der Waals surface area contributed by atoms with Crippen LogP contribution in [0.3, 0.4) is 0 Å². The molecule has 2 aromatic heterocycles. The van der Waals surface area contributed by atoms with Crippen molar-refractivity contribution in [3.05, 3.63) is 24.3 Å². The Labute approximate surface area is 165 Å². The highest BCUT2D eigenvalue weighted by atomic mass is 19.4. The number of ether oxygens (including phenoxy) is 1. The Morgan fingerprint density at radius 3 is 2.55 bits per heavy atom. The zero-order chi connectivity index (χ0) is 20.9. The van der Waals surface area contributed by atoms with Crippen molar-refractivity contribution in [3.63, 3.8) is 0 Å². The summed E-state index contributed by atoms with van der Waals surface area (Å²) < 4.78 is 56.5. The van der Waals surface area contributed by atoms with Gasteiger partial charge in [-0.1, -0.05) is 13.8 Å². The standard InChI is InChI=1S/C19H23F4N5O/c1-10(2)18-26-14(11-5-15(17(24)25-6-11)29-19(21,22)23)9-28(18)16-12-7-27(4-3-20)8-13(12)16/h5-6,9-10,12-13,16H,3-4,7-8H2,1-2H3,(H2,24,25)/t12-,13+,16-. The molecule has 3 heterocycles. The predicted molar refractivity (Wildman–Crippen MR) is 99.1 cm³/mol. The van der Waals surface area contributed by atoms with Gasteiger partial charge in [0.15, 0.2) is 11.6 Å². The summed E-state index contributed by atoms with van der Waals surface area (Å²) in [4.78, 5) is 10.6. The molecule has 10 heteroatoms. The van der Waals surface area contributed by atoms with Gasteiger partial charge < -0.3 is 19.9 Å². The maximum atomic E-state index is 12.6. The van der Waals surface area contributed by atoms with E-state index in [0.717, 1.165) is 18.9 Å². The van der Waals surface area contributed by atoms with Crippen molar-refractivity contribution >= 4 is 5.82 Å². The molecule has 1 saturated carbocycles. The lowest BCUT2D eigenvalue weighted by molar-refractivity contribution is -0.274. The molecule has 3 atom stereocenters. The molecule has 158 valence electrons. The molecule has 4 rings (SSSR count). The summed E-state index contributed by atoms with van der Waals surface area (Å²) in [7, 11) is 0. The Balaban J connectivity index is 1.61. The number of fused-ring (bicyclic) bond motifs is 1. The quantitative estimate of drug-likeness (QED) is 0.733. The minimum absolute atomic E-state index is 0.139. The van der Waals surface area contributed by atoms with E-state index >= 15 is 0 Å². The average Bonchev–Trinajstić information content (AvgIpc) is 2.98. The predicted octanol–water partition coefficient (Wildman–Crippen LogP) is 3.62. The first-order valence-electron chi connectivity index (χ1n) is 9.56. The van der Waals surface area contributed by atoms with E-state index in [2.05, 4.69) is 24.2 Å². The van der Waals surface area contributed by atoms with E-state index in [1.807, 2.05) is 20.0 Å². The summed E-state index contributed by atoms with van der Waals surface area (Å²) in [5.74, 6) is 1.04. The van der Waals surface area contributed by atoms with Crippen molar-refractivity contribution < 1.29 is 22.3 Å². The first-order chi connectivity index (χ1) is 13.7. The third-order valence-electron chi connectivity index (χ3n) is 5.63. The van der Waals surface area contributed by atoms with Crippen LogP contribution >= 0.6 is 0 Å². The summed E-state index contributed by atoms with van der Waals surface area (Å²) in [6.07, 6.45) is -1.59. The Hall–Kier alpha value is -2.36. The molecular formula is C19H23F4N5O. The van der Waals surface area contributed by atoms with Crippen LogP contribution < -0.4 is 10.5 Å². The highest BCUT2D eigenvalue weighted by Gasteiger charge is 2.57. The number of halogens is 4. The van der Waals surface area contributed by atoms with Gasteiger partial charge in [0, 0.05) is 49.6 Å². The van der Waals surface area contributed by atoms with Gasteiger partial charge in [-0.3, -0.25) is 0 Å². The summed E-state index contributed by atoms with van der Waals surface area (Å²) in [6.45, 7) is 5.88. The fourth-order valence-corrected chi connectivity index (χ4v) is 4.31. The third kappa shape index (κ3) is 3.90. The van der Waals surface area contributed by atoms with Crippen LogP contribution in [-0.4, -0.2) is 52.1 Å². The number of hydrogen-bond acceptors (Lipinski definition) is 5. The molecule has 2 aliphatic rings. The molecule has 0 unspecified atom stereocenters. The molecular weight excluding hydrogens is 390 g/mol. The second kappa shape index (κ2) is 7.16. The lowest BCUT2D eigenvalue weighted by Crippen LogP contribution is -2.27. The molecule has 2 aromatic rings. The number of pyridine rings is 1. The number of likely N-dealkylation sites (tertiary alicyclic amines) is 1. The summed E-state index contributed by atoms with van der Waals surface area (Å²) in [5.41, 5.74) is 6.46. The van der Waals surface area contributed by atoms with Crippen molar-refractivity contribution in [2.24, 2.45) is 11.8 Å². The Morgan fingerprint density at radius 2 is 1.97 bits per heavy atom. The number of anilines is 1. The maximum absolute atomic E-state index is 12.6. The first kappa shape index (κ1) is 19.9. The van der Waals surface area contributed by atoms with Gasteiger partial charge in [-0.15, -0.1) is 13.2 Å². The van der Waals surface area contributed by atoms with Crippen LogP contribution in [0, 0.1) is 11.8 Å².